The van der Waals surface area contributed by atoms with Crippen LogP contribution in [0, 0.1) is 6.92 Å². The van der Waals surface area contributed by atoms with Crippen molar-refractivity contribution in [2.75, 3.05) is 69.8 Å². The lowest BCUT2D eigenvalue weighted by Gasteiger charge is -2.35. The Morgan fingerprint density at radius 2 is 1.73 bits per heavy atom. The van der Waals surface area contributed by atoms with Crippen LogP contribution in [0.5, 0.6) is 6.01 Å². The molecule has 9 nitrogen and oxygen atoms in total. The smallest absolute Gasteiger partial charge is 0.318 e. The van der Waals surface area contributed by atoms with Crippen LogP contribution in [0.25, 0.3) is 0 Å². The van der Waals surface area contributed by atoms with E-state index in [2.05, 4.69) is 34.6 Å². The maximum atomic E-state index is 13.5. The van der Waals surface area contributed by atoms with E-state index in [-0.39, 0.29) is 17.8 Å². The third-order valence-electron chi connectivity index (χ3n) is 7.18. The monoisotopic (exact) mass is 506 g/mol. The first-order valence-corrected chi connectivity index (χ1v) is 13.1. The number of likely N-dealkylation sites (tertiary alicyclic amines) is 1. The highest BCUT2D eigenvalue weighted by atomic mass is 16.5. The predicted molar refractivity (Wildman–Crippen MR) is 145 cm³/mol. The van der Waals surface area contributed by atoms with E-state index in [0.717, 1.165) is 24.1 Å². The Hall–Kier alpha value is -3.46. The Balaban J connectivity index is 0.000000469. The van der Waals surface area contributed by atoms with Gasteiger partial charge in [-0.15, -0.1) is 0 Å². The summed E-state index contributed by atoms with van der Waals surface area (Å²) in [5.74, 6) is 0.399. The summed E-state index contributed by atoms with van der Waals surface area (Å²) in [6.07, 6.45) is 6.04. The van der Waals surface area contributed by atoms with Crippen molar-refractivity contribution in [2.24, 2.45) is 0 Å². The molecule has 0 N–H and O–H groups in total. The molecule has 3 aliphatic heterocycles. The van der Waals surface area contributed by atoms with E-state index in [4.69, 9.17) is 4.74 Å². The highest BCUT2D eigenvalue weighted by Crippen LogP contribution is 2.32. The molecule has 1 aromatic carbocycles. The standard InChI is InChI=1S/C23H27N5O3.C5H11N/c1-4-20(29)27-13-11-26(12-14-27)19-15-18(24-23(25-19)31-3)22(30)28-10-6-9-17-8-5-7-16(2)21(17)28;1-6-4-2-3-5-6/h4-5,7-8,15H,1,6,9-14H2,2-3H3;2-5H2,1H3. The Morgan fingerprint density at radius 1 is 1.00 bits per heavy atom. The zero-order chi connectivity index (χ0) is 26.4. The van der Waals surface area contributed by atoms with Crippen molar-refractivity contribution in [3.63, 3.8) is 0 Å². The van der Waals surface area contributed by atoms with Crippen LogP contribution in [0.2, 0.25) is 0 Å². The second-order valence-electron chi connectivity index (χ2n) is 9.77. The van der Waals surface area contributed by atoms with Crippen LogP contribution in [-0.2, 0) is 11.2 Å². The molecule has 2 aromatic rings. The number of piperazine rings is 1. The number of carbonyl (C=O) groups excluding carboxylic acids is 2. The molecule has 0 radical (unpaired) electrons. The number of amides is 2. The number of para-hydroxylation sites is 1. The quantitative estimate of drug-likeness (QED) is 0.590. The summed E-state index contributed by atoms with van der Waals surface area (Å²) in [6.45, 7) is 11.2. The number of benzene rings is 1. The fourth-order valence-corrected chi connectivity index (χ4v) is 5.12. The van der Waals surface area contributed by atoms with Crippen LogP contribution < -0.4 is 14.5 Å². The minimum atomic E-state index is -0.155. The van der Waals surface area contributed by atoms with Gasteiger partial charge in [0.15, 0.2) is 0 Å². The van der Waals surface area contributed by atoms with Gasteiger partial charge in [-0.1, -0.05) is 24.8 Å². The highest BCUT2D eigenvalue weighted by molar-refractivity contribution is 6.06. The lowest BCUT2D eigenvalue weighted by atomic mass is 9.98. The maximum absolute atomic E-state index is 13.5. The molecular formula is C28H38N6O3. The third-order valence-corrected chi connectivity index (χ3v) is 7.18. The van der Waals surface area contributed by atoms with Crippen LogP contribution in [0.3, 0.4) is 0 Å². The summed E-state index contributed by atoms with van der Waals surface area (Å²) in [4.78, 5) is 42.1. The zero-order valence-electron chi connectivity index (χ0n) is 22.3. The van der Waals surface area contributed by atoms with Crippen LogP contribution in [0.15, 0.2) is 36.9 Å². The van der Waals surface area contributed by atoms with Gasteiger partial charge in [-0.25, -0.2) is 0 Å². The van der Waals surface area contributed by atoms with E-state index in [1.54, 1.807) is 11.0 Å². The summed E-state index contributed by atoms with van der Waals surface area (Å²) in [7, 11) is 3.67. The Kier molecular flexibility index (Phi) is 8.76. The van der Waals surface area contributed by atoms with E-state index < -0.39 is 0 Å². The number of carbonyl (C=O) groups is 2. The van der Waals surface area contributed by atoms with Gasteiger partial charge in [-0.3, -0.25) is 9.59 Å². The van der Waals surface area contributed by atoms with Crippen molar-refractivity contribution in [1.82, 2.24) is 19.8 Å². The molecule has 0 atom stereocenters. The van der Waals surface area contributed by atoms with Crippen LogP contribution in [-0.4, -0.2) is 91.6 Å². The van der Waals surface area contributed by atoms with Gasteiger partial charge < -0.3 is 24.3 Å². The van der Waals surface area contributed by atoms with Crippen molar-refractivity contribution in [3.05, 3.63) is 53.7 Å². The molecule has 0 bridgehead atoms. The SMILES string of the molecule is C=CC(=O)N1CCN(c2cc(C(=O)N3CCCc4cccc(C)c43)nc(OC)n2)CC1.CN1CCCC1. The number of rotatable bonds is 4. The lowest BCUT2D eigenvalue weighted by Crippen LogP contribution is -2.48. The van der Waals surface area contributed by atoms with Gasteiger partial charge >= 0.3 is 6.01 Å². The number of nitrogens with zero attached hydrogens (tertiary/aromatic N) is 6. The molecule has 0 spiro atoms. The van der Waals surface area contributed by atoms with Gasteiger partial charge in [0.2, 0.25) is 5.91 Å². The van der Waals surface area contributed by atoms with E-state index in [0.29, 0.717) is 44.2 Å². The molecule has 2 saturated heterocycles. The minimum Gasteiger partial charge on any atom is -0.467 e. The summed E-state index contributed by atoms with van der Waals surface area (Å²) >= 11 is 0. The summed E-state index contributed by atoms with van der Waals surface area (Å²) < 4.78 is 5.30. The van der Waals surface area contributed by atoms with E-state index in [1.807, 2.05) is 28.9 Å². The summed E-state index contributed by atoms with van der Waals surface area (Å²) in [5.41, 5.74) is 3.55. The van der Waals surface area contributed by atoms with Crippen molar-refractivity contribution < 1.29 is 14.3 Å². The molecule has 3 aliphatic rings. The number of aromatic nitrogens is 2. The average molecular weight is 507 g/mol. The van der Waals surface area contributed by atoms with Crippen molar-refractivity contribution in [2.45, 2.75) is 32.6 Å². The number of hydrogen-bond acceptors (Lipinski definition) is 7. The molecule has 37 heavy (non-hydrogen) atoms. The van der Waals surface area contributed by atoms with Gasteiger partial charge in [-0.05, 0) is 69.9 Å². The van der Waals surface area contributed by atoms with Gasteiger partial charge in [0.25, 0.3) is 5.91 Å². The molecular weight excluding hydrogens is 468 g/mol. The van der Waals surface area contributed by atoms with E-state index in [1.165, 1.54) is 44.7 Å². The van der Waals surface area contributed by atoms with Crippen LogP contribution >= 0.6 is 0 Å². The molecule has 2 amide bonds. The number of ether oxygens (including phenoxy) is 1. The largest absolute Gasteiger partial charge is 0.467 e. The topological polar surface area (TPSA) is 82.1 Å². The molecule has 5 rings (SSSR count). The van der Waals surface area contributed by atoms with Crippen molar-refractivity contribution >= 4 is 23.3 Å². The normalized spacial score (nSPS) is 17.5. The van der Waals surface area contributed by atoms with E-state index >= 15 is 0 Å². The first-order chi connectivity index (χ1) is 17.9. The number of aryl methyl sites for hydroxylation is 2. The average Bonchev–Trinajstić information content (AvgIpc) is 3.43. The number of methoxy groups -OCH3 is 1. The summed E-state index contributed by atoms with van der Waals surface area (Å²) in [5, 5.41) is 0. The molecule has 198 valence electrons. The first kappa shape index (κ1) is 26.6. The predicted octanol–water partition coefficient (Wildman–Crippen LogP) is 2.93. The van der Waals surface area contributed by atoms with Gasteiger partial charge in [-0.2, -0.15) is 9.97 Å². The molecule has 0 saturated carbocycles. The van der Waals surface area contributed by atoms with Crippen LogP contribution in [0.1, 0.15) is 40.9 Å². The van der Waals surface area contributed by atoms with Gasteiger partial charge in [0.1, 0.15) is 11.5 Å². The van der Waals surface area contributed by atoms with Gasteiger partial charge in [0.05, 0.1) is 12.8 Å². The Morgan fingerprint density at radius 3 is 2.35 bits per heavy atom. The molecule has 9 heteroatoms. The second kappa shape index (κ2) is 12.2. The fraction of sp³-hybridized carbons (Fsp3) is 0.500. The second-order valence-corrected chi connectivity index (χ2v) is 9.77. The number of hydrogen-bond donors (Lipinski definition) is 0. The Labute approximate surface area is 219 Å². The van der Waals surface area contributed by atoms with Crippen LogP contribution in [0.4, 0.5) is 11.5 Å². The fourth-order valence-electron chi connectivity index (χ4n) is 5.12. The Bertz CT molecular complexity index is 1120. The molecule has 0 unspecified atom stereocenters. The van der Waals surface area contributed by atoms with Crippen molar-refractivity contribution in [3.8, 4) is 6.01 Å². The molecule has 4 heterocycles. The lowest BCUT2D eigenvalue weighted by molar-refractivity contribution is -0.126. The van der Waals surface area contributed by atoms with Gasteiger partial charge in [0, 0.05) is 38.8 Å². The maximum Gasteiger partial charge on any atom is 0.318 e. The first-order valence-electron chi connectivity index (χ1n) is 13.1. The molecule has 2 fully saturated rings. The zero-order valence-corrected chi connectivity index (χ0v) is 22.3. The highest BCUT2D eigenvalue weighted by Gasteiger charge is 2.28. The number of anilines is 2. The third kappa shape index (κ3) is 6.28. The minimum absolute atomic E-state index is 0.0741. The van der Waals surface area contributed by atoms with E-state index in [9.17, 15) is 9.59 Å². The summed E-state index contributed by atoms with van der Waals surface area (Å²) in [6, 6.07) is 8.03. The molecule has 0 aliphatic carbocycles. The van der Waals surface area contributed by atoms with Crippen molar-refractivity contribution in [1.29, 1.82) is 0 Å². The molecule has 1 aromatic heterocycles. The number of fused-ring (bicyclic) bond motifs is 1.